The fraction of sp³-hybridized carbons (Fsp3) is 0.900. The molecule has 0 aromatic rings. The van der Waals surface area contributed by atoms with E-state index in [0.717, 1.165) is 6.92 Å². The molecule has 0 saturated heterocycles. The Hall–Kier alpha value is 0.290. The Bertz CT molecular complexity index is 93.2. The SMILES string of the molecule is C1CCC1.C1CCC1.CC(=O)O.O.P.P. The number of carboxylic acids is 1. The summed E-state index contributed by atoms with van der Waals surface area (Å²) in [5.74, 6) is -0.833. The normalized spacial score (nSPS) is 14.5. The summed E-state index contributed by atoms with van der Waals surface area (Å²) >= 11 is 0. The molecular formula is C10H28O3P2. The summed E-state index contributed by atoms with van der Waals surface area (Å²) in [5, 5.41) is 7.42. The first-order valence-corrected chi connectivity index (χ1v) is 4.93. The first-order valence-electron chi connectivity index (χ1n) is 4.93. The van der Waals surface area contributed by atoms with Gasteiger partial charge in [0.25, 0.3) is 5.97 Å². The van der Waals surface area contributed by atoms with Gasteiger partial charge in [-0.2, -0.15) is 19.8 Å². The second-order valence-corrected chi connectivity index (χ2v) is 3.35. The molecule has 0 bridgehead atoms. The Kier molecular flexibility index (Phi) is 32.3. The van der Waals surface area contributed by atoms with Gasteiger partial charge in [0.05, 0.1) is 0 Å². The number of carbonyl (C=O) groups is 1. The van der Waals surface area contributed by atoms with E-state index in [1.165, 1.54) is 51.4 Å². The van der Waals surface area contributed by atoms with Crippen LogP contribution in [0.4, 0.5) is 0 Å². The lowest BCUT2D eigenvalue weighted by Gasteiger charge is -2.05. The number of hydrogen-bond donors (Lipinski definition) is 1. The zero-order valence-corrected chi connectivity index (χ0v) is 12.8. The highest BCUT2D eigenvalue weighted by molar-refractivity contribution is 6.92. The molecule has 5 heteroatoms. The van der Waals surface area contributed by atoms with Gasteiger partial charge in [0.15, 0.2) is 0 Å². The number of aliphatic carboxylic acids is 1. The molecule has 3 N–H and O–H groups in total. The van der Waals surface area contributed by atoms with Gasteiger partial charge in [0.2, 0.25) is 0 Å². The summed E-state index contributed by atoms with van der Waals surface area (Å²) < 4.78 is 0. The largest absolute Gasteiger partial charge is 0.481 e. The Balaban J connectivity index is -0.0000000550. The molecular weight excluding hydrogens is 230 g/mol. The van der Waals surface area contributed by atoms with E-state index >= 15 is 0 Å². The van der Waals surface area contributed by atoms with Crippen LogP contribution in [0.2, 0.25) is 0 Å². The maximum absolute atomic E-state index is 9.00. The maximum atomic E-state index is 9.00. The highest BCUT2D eigenvalue weighted by Crippen LogP contribution is 2.15. The van der Waals surface area contributed by atoms with Crippen molar-refractivity contribution in [3.05, 3.63) is 0 Å². The zero-order valence-electron chi connectivity index (χ0n) is 9.93. The molecule has 0 radical (unpaired) electrons. The molecule has 0 aromatic heterocycles. The van der Waals surface area contributed by atoms with Crippen molar-refractivity contribution < 1.29 is 15.4 Å². The van der Waals surface area contributed by atoms with Crippen LogP contribution in [-0.2, 0) is 4.79 Å². The molecule has 2 aliphatic carbocycles. The third-order valence-electron chi connectivity index (χ3n) is 2.00. The smallest absolute Gasteiger partial charge is 0.300 e. The van der Waals surface area contributed by atoms with E-state index in [-0.39, 0.29) is 25.3 Å². The average molecular weight is 258 g/mol. The van der Waals surface area contributed by atoms with Crippen LogP contribution in [0.5, 0.6) is 0 Å². The van der Waals surface area contributed by atoms with Crippen LogP contribution in [-0.4, -0.2) is 16.6 Å². The van der Waals surface area contributed by atoms with E-state index in [1.54, 1.807) is 0 Å². The monoisotopic (exact) mass is 258 g/mol. The summed E-state index contributed by atoms with van der Waals surface area (Å²) in [4.78, 5) is 9.00. The van der Waals surface area contributed by atoms with Crippen molar-refractivity contribution >= 4 is 25.8 Å². The van der Waals surface area contributed by atoms with Crippen molar-refractivity contribution in [2.24, 2.45) is 0 Å². The van der Waals surface area contributed by atoms with Crippen LogP contribution in [0, 0.1) is 0 Å². The molecule has 2 unspecified atom stereocenters. The summed E-state index contributed by atoms with van der Waals surface area (Å²) in [5.41, 5.74) is 0. The summed E-state index contributed by atoms with van der Waals surface area (Å²) in [6.45, 7) is 1.08. The van der Waals surface area contributed by atoms with Gasteiger partial charge in [-0.3, -0.25) is 4.79 Å². The zero-order chi connectivity index (χ0) is 9.23. The quantitative estimate of drug-likeness (QED) is 0.678. The molecule has 0 aliphatic heterocycles. The van der Waals surface area contributed by atoms with Crippen LogP contribution < -0.4 is 0 Å². The highest BCUT2D eigenvalue weighted by atomic mass is 31.0. The van der Waals surface area contributed by atoms with Crippen LogP contribution in [0.1, 0.15) is 58.3 Å². The Morgan fingerprint density at radius 3 is 0.867 bits per heavy atom. The number of rotatable bonds is 0. The summed E-state index contributed by atoms with van der Waals surface area (Å²) in [6.07, 6.45) is 12.0. The standard InChI is InChI=1S/2C4H8.C2H4O2.H2O.2H3P/c2*1-2-4-3-1;1-2(3)4;;;/h2*1-4H2;1H3,(H,3,4);1H2;2*1H3. The van der Waals surface area contributed by atoms with E-state index in [4.69, 9.17) is 9.90 Å². The van der Waals surface area contributed by atoms with Gasteiger partial charge in [0, 0.05) is 6.92 Å². The van der Waals surface area contributed by atoms with Gasteiger partial charge in [-0.15, -0.1) is 0 Å². The first-order chi connectivity index (χ1) is 5.73. The number of hydrogen-bond acceptors (Lipinski definition) is 1. The van der Waals surface area contributed by atoms with E-state index < -0.39 is 5.97 Å². The molecule has 2 rings (SSSR count). The minimum Gasteiger partial charge on any atom is -0.481 e. The second-order valence-electron chi connectivity index (χ2n) is 3.35. The molecule has 0 heterocycles. The van der Waals surface area contributed by atoms with Crippen molar-refractivity contribution in [3.63, 3.8) is 0 Å². The fourth-order valence-electron chi connectivity index (χ4n) is 0.500. The van der Waals surface area contributed by atoms with E-state index in [0.29, 0.717) is 0 Å². The van der Waals surface area contributed by atoms with Crippen molar-refractivity contribution in [1.29, 1.82) is 0 Å². The maximum Gasteiger partial charge on any atom is 0.300 e. The van der Waals surface area contributed by atoms with Crippen LogP contribution in [0.3, 0.4) is 0 Å². The molecule has 3 nitrogen and oxygen atoms in total. The van der Waals surface area contributed by atoms with Crippen molar-refractivity contribution in [2.45, 2.75) is 58.3 Å². The lowest BCUT2D eigenvalue weighted by molar-refractivity contribution is -0.134. The van der Waals surface area contributed by atoms with Crippen molar-refractivity contribution in [3.8, 4) is 0 Å². The Morgan fingerprint density at radius 2 is 0.867 bits per heavy atom. The molecule has 0 amide bonds. The van der Waals surface area contributed by atoms with Crippen molar-refractivity contribution in [1.82, 2.24) is 0 Å². The molecule has 2 aliphatic rings. The second kappa shape index (κ2) is 19.8. The predicted octanol–water partition coefficient (Wildman–Crippen LogP) is 2.50. The minimum absolute atomic E-state index is 0. The topological polar surface area (TPSA) is 68.8 Å². The van der Waals surface area contributed by atoms with E-state index in [1.807, 2.05) is 0 Å². The third-order valence-corrected chi connectivity index (χ3v) is 2.00. The van der Waals surface area contributed by atoms with E-state index in [2.05, 4.69) is 0 Å². The first kappa shape index (κ1) is 24.5. The molecule has 2 saturated carbocycles. The summed E-state index contributed by atoms with van der Waals surface area (Å²) in [6, 6.07) is 0. The minimum atomic E-state index is -0.833. The molecule has 0 aromatic carbocycles. The molecule has 15 heavy (non-hydrogen) atoms. The molecule has 2 fully saturated rings. The van der Waals surface area contributed by atoms with Gasteiger partial charge >= 0.3 is 0 Å². The predicted molar refractivity (Wildman–Crippen MR) is 76.1 cm³/mol. The van der Waals surface area contributed by atoms with Gasteiger partial charge in [-0.25, -0.2) is 0 Å². The number of carboxylic acid groups (broad SMARTS) is 1. The Morgan fingerprint density at radius 1 is 0.800 bits per heavy atom. The van der Waals surface area contributed by atoms with E-state index in [9.17, 15) is 0 Å². The van der Waals surface area contributed by atoms with Crippen molar-refractivity contribution in [2.75, 3.05) is 0 Å². The van der Waals surface area contributed by atoms with Crippen LogP contribution in [0.25, 0.3) is 0 Å². The summed E-state index contributed by atoms with van der Waals surface area (Å²) in [7, 11) is 0. The van der Waals surface area contributed by atoms with Gasteiger partial charge < -0.3 is 10.6 Å². The lowest BCUT2D eigenvalue weighted by Crippen LogP contribution is -1.85. The molecule has 2 atom stereocenters. The third kappa shape index (κ3) is 31.4. The average Bonchev–Trinajstić information content (AvgIpc) is 1.45. The van der Waals surface area contributed by atoms with Crippen LogP contribution in [0.15, 0.2) is 0 Å². The molecule has 96 valence electrons. The molecule has 0 spiro atoms. The van der Waals surface area contributed by atoms with Crippen LogP contribution >= 0.6 is 19.8 Å². The fourth-order valence-corrected chi connectivity index (χ4v) is 0.500. The van der Waals surface area contributed by atoms with Gasteiger partial charge in [0.1, 0.15) is 0 Å². The lowest BCUT2D eigenvalue weighted by atomic mass is 10.0. The van der Waals surface area contributed by atoms with Gasteiger partial charge in [-0.05, 0) is 0 Å². The van der Waals surface area contributed by atoms with Gasteiger partial charge in [-0.1, -0.05) is 51.4 Å². The highest BCUT2D eigenvalue weighted by Gasteiger charge is 1.95. The Labute approximate surface area is 100.0 Å².